The van der Waals surface area contributed by atoms with Gasteiger partial charge in [-0.25, -0.2) is 4.39 Å². The molecule has 0 aliphatic carbocycles. The van der Waals surface area contributed by atoms with Crippen LogP contribution in [0.5, 0.6) is 5.75 Å². The van der Waals surface area contributed by atoms with Crippen molar-refractivity contribution in [1.29, 1.82) is 0 Å². The van der Waals surface area contributed by atoms with E-state index in [0.717, 1.165) is 5.56 Å². The molecule has 0 aliphatic heterocycles. The number of halogens is 1. The van der Waals surface area contributed by atoms with Crippen LogP contribution in [0.2, 0.25) is 0 Å². The number of hydrogen-bond acceptors (Lipinski definition) is 3. The largest absolute Gasteiger partial charge is 0.490 e. The summed E-state index contributed by atoms with van der Waals surface area (Å²) in [6, 6.07) is 4.70. The number of ether oxygens (including phenoxy) is 1. The molecule has 1 atom stereocenters. The first kappa shape index (κ1) is 13.9. The van der Waals surface area contributed by atoms with Crippen molar-refractivity contribution < 1.29 is 14.2 Å². The van der Waals surface area contributed by atoms with E-state index >= 15 is 0 Å². The van der Waals surface area contributed by atoms with Gasteiger partial charge < -0.3 is 15.2 Å². The van der Waals surface area contributed by atoms with Crippen molar-refractivity contribution in [2.24, 2.45) is 0 Å². The molecule has 0 aliphatic rings. The van der Waals surface area contributed by atoms with E-state index in [2.05, 4.69) is 5.32 Å². The molecule has 1 aromatic rings. The number of aryl methyl sites for hydroxylation is 1. The van der Waals surface area contributed by atoms with Crippen molar-refractivity contribution in [2.45, 2.75) is 32.9 Å². The Hall–Kier alpha value is -1.13. The van der Waals surface area contributed by atoms with Crippen LogP contribution in [0.4, 0.5) is 4.39 Å². The van der Waals surface area contributed by atoms with Crippen LogP contribution in [0.15, 0.2) is 18.2 Å². The maximum Gasteiger partial charge on any atom is 0.126 e. The third kappa shape index (κ3) is 5.15. The number of aliphatic hydroxyl groups is 1. The Morgan fingerprint density at radius 3 is 2.76 bits per heavy atom. The number of nitrogens with one attached hydrogen (secondary N) is 1. The third-order valence-electron chi connectivity index (χ3n) is 2.34. The molecule has 0 saturated carbocycles. The summed E-state index contributed by atoms with van der Waals surface area (Å²) < 4.78 is 18.4. The first-order valence-corrected chi connectivity index (χ1v) is 5.79. The van der Waals surface area contributed by atoms with Gasteiger partial charge in [-0.05, 0) is 18.6 Å². The Bertz CT molecular complexity index is 355. The molecule has 1 rings (SSSR count). The van der Waals surface area contributed by atoms with Gasteiger partial charge in [-0.15, -0.1) is 0 Å². The maximum absolute atomic E-state index is 13.0. The molecule has 3 nitrogen and oxygen atoms in total. The first-order valence-electron chi connectivity index (χ1n) is 5.79. The number of rotatable bonds is 6. The second kappa shape index (κ2) is 6.57. The molecule has 0 bridgehead atoms. The smallest absolute Gasteiger partial charge is 0.126 e. The summed E-state index contributed by atoms with van der Waals surface area (Å²) in [7, 11) is 0. The molecule has 2 N–H and O–H groups in total. The second-order valence-electron chi connectivity index (χ2n) is 4.44. The van der Waals surface area contributed by atoms with Crippen molar-refractivity contribution >= 4 is 0 Å². The van der Waals surface area contributed by atoms with Crippen molar-refractivity contribution in [3.05, 3.63) is 29.6 Å². The predicted molar refractivity (Wildman–Crippen MR) is 65.8 cm³/mol. The lowest BCUT2D eigenvalue weighted by molar-refractivity contribution is 0.104. The van der Waals surface area contributed by atoms with Gasteiger partial charge in [-0.3, -0.25) is 0 Å². The minimum Gasteiger partial charge on any atom is -0.490 e. The fraction of sp³-hybridized carbons (Fsp3) is 0.538. The molecule has 1 unspecified atom stereocenters. The Morgan fingerprint density at radius 1 is 1.41 bits per heavy atom. The zero-order valence-electron chi connectivity index (χ0n) is 10.5. The van der Waals surface area contributed by atoms with Crippen molar-refractivity contribution in [3.63, 3.8) is 0 Å². The molecule has 0 fully saturated rings. The fourth-order valence-electron chi connectivity index (χ4n) is 1.35. The average molecular weight is 241 g/mol. The number of aliphatic hydroxyl groups excluding tert-OH is 1. The molecule has 0 amide bonds. The predicted octanol–water partition coefficient (Wildman–Crippen LogP) is 1.87. The van der Waals surface area contributed by atoms with E-state index in [9.17, 15) is 9.50 Å². The van der Waals surface area contributed by atoms with Crippen LogP contribution in [-0.2, 0) is 0 Å². The van der Waals surface area contributed by atoms with E-state index in [0.29, 0.717) is 18.3 Å². The van der Waals surface area contributed by atoms with Crippen LogP contribution in [0, 0.1) is 12.7 Å². The molecule has 4 heteroatoms. The van der Waals surface area contributed by atoms with E-state index in [1.165, 1.54) is 12.1 Å². The monoisotopic (exact) mass is 241 g/mol. The minimum absolute atomic E-state index is 0.157. The van der Waals surface area contributed by atoms with Gasteiger partial charge in [0.15, 0.2) is 0 Å². The highest BCUT2D eigenvalue weighted by Crippen LogP contribution is 2.18. The van der Waals surface area contributed by atoms with E-state index in [1.54, 1.807) is 6.07 Å². The lowest BCUT2D eigenvalue weighted by Crippen LogP contribution is -2.35. The van der Waals surface area contributed by atoms with Crippen LogP contribution < -0.4 is 10.1 Å². The van der Waals surface area contributed by atoms with Crippen molar-refractivity contribution in [2.75, 3.05) is 13.2 Å². The zero-order valence-corrected chi connectivity index (χ0v) is 10.5. The molecule has 1 aromatic carbocycles. The maximum atomic E-state index is 13.0. The lowest BCUT2D eigenvalue weighted by Gasteiger charge is -2.16. The second-order valence-corrected chi connectivity index (χ2v) is 4.44. The van der Waals surface area contributed by atoms with Gasteiger partial charge >= 0.3 is 0 Å². The summed E-state index contributed by atoms with van der Waals surface area (Å²) in [6.45, 7) is 6.47. The summed E-state index contributed by atoms with van der Waals surface area (Å²) in [5, 5.41) is 12.7. The van der Waals surface area contributed by atoms with E-state index < -0.39 is 6.10 Å². The molecule has 0 heterocycles. The van der Waals surface area contributed by atoms with E-state index in [4.69, 9.17) is 4.74 Å². The molecule has 17 heavy (non-hydrogen) atoms. The quantitative estimate of drug-likeness (QED) is 0.799. The van der Waals surface area contributed by atoms with Crippen LogP contribution in [0.1, 0.15) is 19.4 Å². The first-order chi connectivity index (χ1) is 7.99. The van der Waals surface area contributed by atoms with Crippen molar-refractivity contribution in [1.82, 2.24) is 5.32 Å². The molecular formula is C13H20FNO2. The Labute approximate surface area is 102 Å². The van der Waals surface area contributed by atoms with Crippen LogP contribution in [0.25, 0.3) is 0 Å². The van der Waals surface area contributed by atoms with Crippen LogP contribution in [-0.4, -0.2) is 30.4 Å². The molecular weight excluding hydrogens is 221 g/mol. The number of hydrogen-bond donors (Lipinski definition) is 2. The minimum atomic E-state index is -0.597. The van der Waals surface area contributed by atoms with Crippen molar-refractivity contribution in [3.8, 4) is 5.75 Å². The summed E-state index contributed by atoms with van der Waals surface area (Å²) >= 11 is 0. The Morgan fingerprint density at radius 2 is 2.12 bits per heavy atom. The van der Waals surface area contributed by atoms with Gasteiger partial charge in [-0.1, -0.05) is 19.9 Å². The van der Waals surface area contributed by atoms with E-state index in [1.807, 2.05) is 20.8 Å². The molecule has 96 valence electrons. The number of benzene rings is 1. The van der Waals surface area contributed by atoms with Gasteiger partial charge in [-0.2, -0.15) is 0 Å². The van der Waals surface area contributed by atoms with Gasteiger partial charge in [0.05, 0.1) is 0 Å². The molecule has 0 aromatic heterocycles. The molecule has 0 spiro atoms. The standard InChI is InChI=1S/C13H20FNO2/c1-9(2)15-7-12(16)8-17-13-6-11(14)5-4-10(13)3/h4-6,9,12,15-16H,7-8H2,1-3H3. The van der Waals surface area contributed by atoms with E-state index in [-0.39, 0.29) is 12.4 Å². The topological polar surface area (TPSA) is 41.5 Å². The Balaban J connectivity index is 2.41. The third-order valence-corrected chi connectivity index (χ3v) is 2.34. The molecule has 0 saturated heterocycles. The highest BCUT2D eigenvalue weighted by atomic mass is 19.1. The summed E-state index contributed by atoms with van der Waals surface area (Å²) in [4.78, 5) is 0. The molecule has 0 radical (unpaired) electrons. The highest BCUT2D eigenvalue weighted by Gasteiger charge is 2.07. The summed E-state index contributed by atoms with van der Waals surface area (Å²) in [5.41, 5.74) is 0.857. The van der Waals surface area contributed by atoms with Crippen LogP contribution >= 0.6 is 0 Å². The van der Waals surface area contributed by atoms with Gasteiger partial charge in [0.1, 0.15) is 24.3 Å². The fourth-order valence-corrected chi connectivity index (χ4v) is 1.35. The summed E-state index contributed by atoms with van der Waals surface area (Å²) in [6.07, 6.45) is -0.597. The SMILES string of the molecule is Cc1ccc(F)cc1OCC(O)CNC(C)C. The zero-order chi connectivity index (χ0) is 12.8. The van der Waals surface area contributed by atoms with Gasteiger partial charge in [0.25, 0.3) is 0 Å². The van der Waals surface area contributed by atoms with Gasteiger partial charge in [0, 0.05) is 18.7 Å². The lowest BCUT2D eigenvalue weighted by atomic mass is 10.2. The normalized spacial score (nSPS) is 12.8. The van der Waals surface area contributed by atoms with Crippen LogP contribution in [0.3, 0.4) is 0 Å². The van der Waals surface area contributed by atoms with Gasteiger partial charge in [0.2, 0.25) is 0 Å². The average Bonchev–Trinajstić information content (AvgIpc) is 2.27. The summed E-state index contributed by atoms with van der Waals surface area (Å²) in [5.74, 6) is 0.147. The Kier molecular flexibility index (Phi) is 5.38. The highest BCUT2D eigenvalue weighted by molar-refractivity contribution is 5.32.